The Bertz CT molecular complexity index is 1100. The number of ether oxygens (including phenoxy) is 1. The van der Waals surface area contributed by atoms with E-state index in [9.17, 15) is 4.79 Å². The topological polar surface area (TPSA) is 56.1 Å². The molecule has 1 aromatic heterocycles. The Morgan fingerprint density at radius 2 is 1.81 bits per heavy atom. The standard InChI is InChI=1S/C32H45N3O2/c1-3-25(2)26-18-20-28(21-19-26)37-24-12-23-35-30-16-10-9-15-29(30)34-31(35)17-8-5-11-22-33-32(36)27-13-6-4-7-14-27/h9-10,15-16,18-21,25,27H,3-8,11-14,17,22-24H2,1-2H3,(H,33,36). The molecule has 4 rings (SSSR count). The quantitative estimate of drug-likeness (QED) is 0.233. The number of rotatable bonds is 14. The van der Waals surface area contributed by atoms with Crippen molar-refractivity contribution in [2.75, 3.05) is 13.2 Å². The monoisotopic (exact) mass is 503 g/mol. The second-order valence-corrected chi connectivity index (χ2v) is 10.7. The lowest BCUT2D eigenvalue weighted by Gasteiger charge is -2.20. The van der Waals surface area contributed by atoms with Gasteiger partial charge in [-0.1, -0.05) is 63.8 Å². The van der Waals surface area contributed by atoms with Crippen molar-refractivity contribution < 1.29 is 9.53 Å². The highest BCUT2D eigenvalue weighted by Crippen LogP contribution is 2.24. The average molecular weight is 504 g/mol. The zero-order valence-corrected chi connectivity index (χ0v) is 22.9. The van der Waals surface area contributed by atoms with Crippen LogP contribution in [-0.4, -0.2) is 28.6 Å². The molecule has 0 aliphatic heterocycles. The minimum absolute atomic E-state index is 0.252. The van der Waals surface area contributed by atoms with Gasteiger partial charge in [0.2, 0.25) is 5.91 Å². The summed E-state index contributed by atoms with van der Waals surface area (Å²) in [7, 11) is 0. The number of imidazole rings is 1. The van der Waals surface area contributed by atoms with Crippen LogP contribution in [0.2, 0.25) is 0 Å². The molecule has 3 aromatic rings. The van der Waals surface area contributed by atoms with Gasteiger partial charge in [-0.3, -0.25) is 4.79 Å². The van der Waals surface area contributed by atoms with Crippen LogP contribution in [0.5, 0.6) is 5.75 Å². The highest BCUT2D eigenvalue weighted by Gasteiger charge is 2.20. The van der Waals surface area contributed by atoms with Crippen LogP contribution in [0.1, 0.15) is 95.4 Å². The fourth-order valence-corrected chi connectivity index (χ4v) is 5.41. The molecule has 2 aromatic carbocycles. The summed E-state index contributed by atoms with van der Waals surface area (Å²) in [6.45, 7) is 6.87. The molecule has 37 heavy (non-hydrogen) atoms. The van der Waals surface area contributed by atoms with Crippen LogP contribution in [0.3, 0.4) is 0 Å². The van der Waals surface area contributed by atoms with E-state index in [1.165, 1.54) is 30.3 Å². The van der Waals surface area contributed by atoms with E-state index in [4.69, 9.17) is 9.72 Å². The number of carbonyl (C=O) groups excluding carboxylic acids is 1. The minimum atomic E-state index is 0.252. The number of aromatic nitrogens is 2. The summed E-state index contributed by atoms with van der Waals surface area (Å²) in [6.07, 6.45) is 12.1. The van der Waals surface area contributed by atoms with Gasteiger partial charge < -0.3 is 14.6 Å². The van der Waals surface area contributed by atoms with Crippen LogP contribution in [0, 0.1) is 5.92 Å². The molecule has 0 bridgehead atoms. The SMILES string of the molecule is CCC(C)c1ccc(OCCCn2c(CCCCCNC(=O)C3CCCCC3)nc3ccccc32)cc1. The molecule has 1 aliphatic rings. The van der Waals surface area contributed by atoms with Gasteiger partial charge >= 0.3 is 0 Å². The van der Waals surface area contributed by atoms with Crippen LogP contribution in [0.25, 0.3) is 11.0 Å². The van der Waals surface area contributed by atoms with E-state index in [1.54, 1.807) is 0 Å². The number of hydrogen-bond acceptors (Lipinski definition) is 3. The predicted octanol–water partition coefficient (Wildman–Crippen LogP) is 7.43. The van der Waals surface area contributed by atoms with Gasteiger partial charge in [-0.2, -0.15) is 0 Å². The van der Waals surface area contributed by atoms with Crippen molar-refractivity contribution in [3.8, 4) is 5.75 Å². The van der Waals surface area contributed by atoms with Gasteiger partial charge in [0, 0.05) is 25.4 Å². The minimum Gasteiger partial charge on any atom is -0.494 e. The lowest BCUT2D eigenvalue weighted by Crippen LogP contribution is -2.32. The van der Waals surface area contributed by atoms with E-state index < -0.39 is 0 Å². The van der Waals surface area contributed by atoms with Crippen molar-refractivity contribution in [2.24, 2.45) is 5.92 Å². The van der Waals surface area contributed by atoms with Crippen molar-refractivity contribution in [1.82, 2.24) is 14.9 Å². The fourth-order valence-electron chi connectivity index (χ4n) is 5.41. The summed E-state index contributed by atoms with van der Waals surface area (Å²) in [5.74, 6) is 3.21. The number of carbonyl (C=O) groups is 1. The van der Waals surface area contributed by atoms with Gasteiger partial charge in [0.25, 0.3) is 0 Å². The van der Waals surface area contributed by atoms with Crippen LogP contribution in [0.4, 0.5) is 0 Å². The van der Waals surface area contributed by atoms with Gasteiger partial charge in [0.15, 0.2) is 0 Å². The maximum atomic E-state index is 12.3. The van der Waals surface area contributed by atoms with Crippen LogP contribution >= 0.6 is 0 Å². The number of para-hydroxylation sites is 2. The van der Waals surface area contributed by atoms with E-state index in [0.717, 1.165) is 81.5 Å². The van der Waals surface area contributed by atoms with E-state index >= 15 is 0 Å². The summed E-state index contributed by atoms with van der Waals surface area (Å²) in [5, 5.41) is 3.17. The number of fused-ring (bicyclic) bond motifs is 1. The molecule has 1 saturated carbocycles. The number of nitrogens with zero attached hydrogens (tertiary/aromatic N) is 2. The number of hydrogen-bond donors (Lipinski definition) is 1. The third-order valence-electron chi connectivity index (χ3n) is 7.94. The lowest BCUT2D eigenvalue weighted by atomic mass is 9.89. The molecule has 1 amide bonds. The molecule has 1 aliphatic carbocycles. The Hall–Kier alpha value is -2.82. The summed E-state index contributed by atoms with van der Waals surface area (Å²) in [4.78, 5) is 17.3. The second kappa shape index (κ2) is 14.2. The Morgan fingerprint density at radius 1 is 1.03 bits per heavy atom. The first-order chi connectivity index (χ1) is 18.2. The molecule has 1 atom stereocenters. The Morgan fingerprint density at radius 3 is 2.59 bits per heavy atom. The first kappa shape index (κ1) is 27.2. The van der Waals surface area contributed by atoms with Gasteiger partial charge in [-0.05, 0) is 74.3 Å². The predicted molar refractivity (Wildman–Crippen MR) is 152 cm³/mol. The van der Waals surface area contributed by atoms with Crippen molar-refractivity contribution in [2.45, 2.75) is 96.9 Å². The van der Waals surface area contributed by atoms with Gasteiger partial charge in [-0.15, -0.1) is 0 Å². The first-order valence-electron chi connectivity index (χ1n) is 14.6. The maximum absolute atomic E-state index is 12.3. The van der Waals surface area contributed by atoms with E-state index in [2.05, 4.69) is 72.3 Å². The second-order valence-electron chi connectivity index (χ2n) is 10.7. The highest BCUT2D eigenvalue weighted by molar-refractivity contribution is 5.78. The van der Waals surface area contributed by atoms with Crippen molar-refractivity contribution in [3.05, 3.63) is 59.9 Å². The molecule has 5 heteroatoms. The summed E-state index contributed by atoms with van der Waals surface area (Å²) in [5.41, 5.74) is 3.64. The molecule has 0 radical (unpaired) electrons. The lowest BCUT2D eigenvalue weighted by molar-refractivity contribution is -0.125. The number of benzene rings is 2. The average Bonchev–Trinajstić information content (AvgIpc) is 3.30. The van der Waals surface area contributed by atoms with Gasteiger partial charge in [0.05, 0.1) is 17.6 Å². The highest BCUT2D eigenvalue weighted by atomic mass is 16.5. The molecule has 1 N–H and O–H groups in total. The molecule has 1 heterocycles. The Kier molecular flexibility index (Phi) is 10.5. The molecular formula is C32H45N3O2. The van der Waals surface area contributed by atoms with E-state index in [-0.39, 0.29) is 11.8 Å². The summed E-state index contributed by atoms with van der Waals surface area (Å²) < 4.78 is 8.42. The number of aryl methyl sites for hydroxylation is 2. The third-order valence-corrected chi connectivity index (χ3v) is 7.94. The molecule has 1 unspecified atom stereocenters. The zero-order chi connectivity index (χ0) is 25.9. The number of unbranched alkanes of at least 4 members (excludes halogenated alkanes) is 2. The molecular weight excluding hydrogens is 458 g/mol. The van der Waals surface area contributed by atoms with Gasteiger partial charge in [0.1, 0.15) is 11.6 Å². The fraction of sp³-hybridized carbons (Fsp3) is 0.562. The maximum Gasteiger partial charge on any atom is 0.223 e. The third kappa shape index (κ3) is 7.83. The van der Waals surface area contributed by atoms with Crippen molar-refractivity contribution >= 4 is 16.9 Å². The van der Waals surface area contributed by atoms with E-state index in [0.29, 0.717) is 12.5 Å². The molecule has 200 valence electrons. The van der Waals surface area contributed by atoms with Crippen LogP contribution < -0.4 is 10.1 Å². The van der Waals surface area contributed by atoms with Crippen LogP contribution in [0.15, 0.2) is 48.5 Å². The molecule has 0 spiro atoms. The van der Waals surface area contributed by atoms with Crippen LogP contribution in [-0.2, 0) is 17.8 Å². The Balaban J connectivity index is 1.21. The molecule has 5 nitrogen and oxygen atoms in total. The smallest absolute Gasteiger partial charge is 0.223 e. The Labute approximate surface area is 223 Å². The zero-order valence-electron chi connectivity index (χ0n) is 22.9. The largest absolute Gasteiger partial charge is 0.494 e. The summed E-state index contributed by atoms with van der Waals surface area (Å²) >= 11 is 0. The number of nitrogens with one attached hydrogen (secondary N) is 1. The normalized spacial score (nSPS) is 15.1. The molecule has 0 saturated heterocycles. The number of amides is 1. The first-order valence-corrected chi connectivity index (χ1v) is 14.6. The molecule has 1 fully saturated rings. The summed E-state index contributed by atoms with van der Waals surface area (Å²) in [6, 6.07) is 17.0. The van der Waals surface area contributed by atoms with Crippen molar-refractivity contribution in [1.29, 1.82) is 0 Å². The van der Waals surface area contributed by atoms with E-state index in [1.807, 2.05) is 0 Å². The van der Waals surface area contributed by atoms with Gasteiger partial charge in [-0.25, -0.2) is 4.98 Å². The van der Waals surface area contributed by atoms with Crippen molar-refractivity contribution in [3.63, 3.8) is 0 Å².